The van der Waals surface area contributed by atoms with Crippen LogP contribution >= 0.6 is 11.6 Å². The molecule has 3 nitrogen and oxygen atoms in total. The van der Waals surface area contributed by atoms with Crippen molar-refractivity contribution < 1.29 is 4.74 Å². The fourth-order valence-corrected chi connectivity index (χ4v) is 2.92. The highest BCUT2D eigenvalue weighted by Crippen LogP contribution is 2.33. The molecule has 2 unspecified atom stereocenters. The van der Waals surface area contributed by atoms with Crippen molar-refractivity contribution in [3.63, 3.8) is 0 Å². The smallest absolute Gasteiger partial charge is 0.221 e. The lowest BCUT2D eigenvalue weighted by molar-refractivity contribution is 0.122. The molecule has 0 bridgehead atoms. The third kappa shape index (κ3) is 3.14. The average Bonchev–Trinajstić information content (AvgIpc) is 2.28. The quantitative estimate of drug-likeness (QED) is 0.770. The van der Waals surface area contributed by atoms with Gasteiger partial charge < -0.3 is 4.74 Å². The Kier molecular flexibility index (Phi) is 4.44. The summed E-state index contributed by atoms with van der Waals surface area (Å²) in [4.78, 5) is 8.31. The molecule has 1 aromatic heterocycles. The maximum atomic E-state index is 6.14. The van der Waals surface area contributed by atoms with Gasteiger partial charge in [0.2, 0.25) is 5.88 Å². The minimum absolute atomic E-state index is 0.273. The Morgan fingerprint density at radius 3 is 2.78 bits per heavy atom. The minimum atomic E-state index is 0.273. The fourth-order valence-electron chi connectivity index (χ4n) is 2.58. The second-order valence-electron chi connectivity index (χ2n) is 5.55. The first-order chi connectivity index (χ1) is 8.58. The summed E-state index contributed by atoms with van der Waals surface area (Å²) in [7, 11) is 0. The molecule has 0 radical (unpaired) electrons. The number of rotatable bonds is 3. The van der Waals surface area contributed by atoms with Crippen LogP contribution in [0.5, 0.6) is 5.88 Å². The van der Waals surface area contributed by atoms with E-state index in [-0.39, 0.29) is 12.0 Å². The van der Waals surface area contributed by atoms with E-state index >= 15 is 0 Å². The minimum Gasteiger partial charge on any atom is -0.474 e. The van der Waals surface area contributed by atoms with Gasteiger partial charge in [0.1, 0.15) is 17.6 Å². The van der Waals surface area contributed by atoms with Gasteiger partial charge in [-0.3, -0.25) is 0 Å². The van der Waals surface area contributed by atoms with Crippen LogP contribution in [0.15, 0.2) is 6.33 Å². The van der Waals surface area contributed by atoms with Crippen LogP contribution in [0.2, 0.25) is 5.15 Å². The summed E-state index contributed by atoms with van der Waals surface area (Å²) in [6.45, 7) is 6.45. The SMILES string of the molecule is CC1CCCC(Oc2ncnc(Cl)c2C(C)C)C1. The molecular weight excluding hydrogens is 248 g/mol. The van der Waals surface area contributed by atoms with Crippen LogP contribution in [0.4, 0.5) is 0 Å². The highest BCUT2D eigenvalue weighted by atomic mass is 35.5. The summed E-state index contributed by atoms with van der Waals surface area (Å²) in [5, 5.41) is 0.513. The Bertz CT molecular complexity index is 409. The van der Waals surface area contributed by atoms with Crippen molar-refractivity contribution in [1.29, 1.82) is 0 Å². The van der Waals surface area contributed by atoms with E-state index in [4.69, 9.17) is 16.3 Å². The maximum Gasteiger partial charge on any atom is 0.221 e. The number of aromatic nitrogens is 2. The highest BCUT2D eigenvalue weighted by Gasteiger charge is 2.23. The molecule has 1 saturated carbocycles. The Labute approximate surface area is 114 Å². The van der Waals surface area contributed by atoms with E-state index in [1.165, 1.54) is 19.2 Å². The largest absolute Gasteiger partial charge is 0.474 e. The van der Waals surface area contributed by atoms with E-state index in [0.29, 0.717) is 11.0 Å². The molecule has 0 spiro atoms. The lowest BCUT2D eigenvalue weighted by Crippen LogP contribution is -2.25. The summed E-state index contributed by atoms with van der Waals surface area (Å²) in [5.74, 6) is 1.68. The van der Waals surface area contributed by atoms with E-state index < -0.39 is 0 Å². The molecule has 18 heavy (non-hydrogen) atoms. The molecule has 0 amide bonds. The Morgan fingerprint density at radius 1 is 1.33 bits per heavy atom. The Morgan fingerprint density at radius 2 is 2.11 bits per heavy atom. The fraction of sp³-hybridized carbons (Fsp3) is 0.714. The first-order valence-corrected chi connectivity index (χ1v) is 7.12. The van der Waals surface area contributed by atoms with Crippen LogP contribution in [0.3, 0.4) is 0 Å². The molecule has 0 saturated heterocycles. The number of hydrogen-bond acceptors (Lipinski definition) is 3. The number of halogens is 1. The van der Waals surface area contributed by atoms with Crippen molar-refractivity contribution in [1.82, 2.24) is 9.97 Å². The van der Waals surface area contributed by atoms with Gasteiger partial charge in [0, 0.05) is 0 Å². The third-order valence-electron chi connectivity index (χ3n) is 3.54. The van der Waals surface area contributed by atoms with Gasteiger partial charge in [-0.05, 0) is 31.1 Å². The van der Waals surface area contributed by atoms with Crippen molar-refractivity contribution in [3.8, 4) is 5.88 Å². The van der Waals surface area contributed by atoms with Gasteiger partial charge in [-0.2, -0.15) is 0 Å². The summed E-state index contributed by atoms with van der Waals surface area (Å²) in [6.07, 6.45) is 6.53. The van der Waals surface area contributed by atoms with Crippen molar-refractivity contribution >= 4 is 11.6 Å². The molecule has 0 aromatic carbocycles. The molecule has 1 aliphatic carbocycles. The first kappa shape index (κ1) is 13.6. The first-order valence-electron chi connectivity index (χ1n) is 6.75. The van der Waals surface area contributed by atoms with Gasteiger partial charge in [0.05, 0.1) is 5.56 Å². The van der Waals surface area contributed by atoms with Gasteiger partial charge in [0.25, 0.3) is 0 Å². The molecule has 0 N–H and O–H groups in total. The molecule has 4 heteroatoms. The zero-order valence-electron chi connectivity index (χ0n) is 11.3. The predicted octanol–water partition coefficient (Wildman–Crippen LogP) is 4.21. The monoisotopic (exact) mass is 268 g/mol. The lowest BCUT2D eigenvalue weighted by atomic mass is 9.89. The van der Waals surface area contributed by atoms with Crippen LogP contribution in [-0.2, 0) is 0 Å². The van der Waals surface area contributed by atoms with E-state index in [0.717, 1.165) is 24.3 Å². The Balaban J connectivity index is 2.15. The molecule has 2 rings (SSSR count). The van der Waals surface area contributed by atoms with Crippen LogP contribution in [0, 0.1) is 5.92 Å². The zero-order chi connectivity index (χ0) is 13.1. The van der Waals surface area contributed by atoms with Crippen molar-refractivity contribution in [2.45, 2.75) is 58.5 Å². The number of nitrogens with zero attached hydrogens (tertiary/aromatic N) is 2. The van der Waals surface area contributed by atoms with Gasteiger partial charge in [-0.15, -0.1) is 0 Å². The molecule has 100 valence electrons. The van der Waals surface area contributed by atoms with Crippen LogP contribution in [0.25, 0.3) is 0 Å². The lowest BCUT2D eigenvalue weighted by Gasteiger charge is -2.28. The van der Waals surface area contributed by atoms with Gasteiger partial charge >= 0.3 is 0 Å². The number of hydrogen-bond donors (Lipinski definition) is 0. The van der Waals surface area contributed by atoms with Crippen molar-refractivity contribution in [2.75, 3.05) is 0 Å². The number of ether oxygens (including phenoxy) is 1. The van der Waals surface area contributed by atoms with Crippen molar-refractivity contribution in [3.05, 3.63) is 17.0 Å². The van der Waals surface area contributed by atoms with Gasteiger partial charge in [-0.25, -0.2) is 9.97 Å². The Hall–Kier alpha value is -0.830. The molecular formula is C14H21ClN2O. The normalized spacial score (nSPS) is 24.3. The summed E-state index contributed by atoms with van der Waals surface area (Å²) in [5.41, 5.74) is 0.928. The molecule has 2 atom stereocenters. The van der Waals surface area contributed by atoms with E-state index in [1.54, 1.807) is 0 Å². The topological polar surface area (TPSA) is 35.0 Å². The van der Waals surface area contributed by atoms with Crippen LogP contribution < -0.4 is 4.74 Å². The molecule has 1 aromatic rings. The van der Waals surface area contributed by atoms with Gasteiger partial charge in [0.15, 0.2) is 0 Å². The molecule has 0 aliphatic heterocycles. The van der Waals surface area contributed by atoms with E-state index in [2.05, 4.69) is 30.7 Å². The second-order valence-corrected chi connectivity index (χ2v) is 5.91. The zero-order valence-corrected chi connectivity index (χ0v) is 12.1. The third-order valence-corrected chi connectivity index (χ3v) is 3.84. The van der Waals surface area contributed by atoms with Gasteiger partial charge in [-0.1, -0.05) is 38.8 Å². The van der Waals surface area contributed by atoms with E-state index in [1.807, 2.05) is 0 Å². The molecule has 1 heterocycles. The highest BCUT2D eigenvalue weighted by molar-refractivity contribution is 6.30. The molecule has 1 aliphatic rings. The van der Waals surface area contributed by atoms with Crippen LogP contribution in [-0.4, -0.2) is 16.1 Å². The summed E-state index contributed by atoms with van der Waals surface area (Å²) >= 11 is 6.14. The molecule has 1 fully saturated rings. The predicted molar refractivity (Wildman–Crippen MR) is 73.2 cm³/mol. The average molecular weight is 269 g/mol. The van der Waals surface area contributed by atoms with Crippen LogP contribution in [0.1, 0.15) is 57.9 Å². The maximum absolute atomic E-state index is 6.14. The van der Waals surface area contributed by atoms with Crippen molar-refractivity contribution in [2.24, 2.45) is 5.92 Å². The van der Waals surface area contributed by atoms with E-state index in [9.17, 15) is 0 Å². The summed E-state index contributed by atoms with van der Waals surface area (Å²) < 4.78 is 6.06. The standard InChI is InChI=1S/C14H21ClN2O/c1-9(2)12-13(15)16-8-17-14(12)18-11-6-4-5-10(3)7-11/h8-11H,4-7H2,1-3H3. The second kappa shape index (κ2) is 5.87. The summed E-state index contributed by atoms with van der Waals surface area (Å²) in [6, 6.07) is 0.